The van der Waals surface area contributed by atoms with E-state index in [0.29, 0.717) is 36.7 Å². The van der Waals surface area contributed by atoms with Crippen LogP contribution in [0.2, 0.25) is 5.02 Å². The van der Waals surface area contributed by atoms with E-state index in [-0.39, 0.29) is 10.9 Å². The second-order valence-corrected chi connectivity index (χ2v) is 9.39. The van der Waals surface area contributed by atoms with E-state index in [2.05, 4.69) is 17.6 Å². The molecule has 0 unspecified atom stereocenters. The Balaban J connectivity index is 1.74. The first-order chi connectivity index (χ1) is 18.5. The number of imidazole rings is 1. The quantitative estimate of drug-likeness (QED) is 0.191. The molecule has 38 heavy (non-hydrogen) atoms. The van der Waals surface area contributed by atoms with Crippen LogP contribution >= 0.6 is 11.6 Å². The third-order valence-electron chi connectivity index (χ3n) is 6.62. The smallest absolute Gasteiger partial charge is 0.255 e. The number of amides is 1. The Hall–Kier alpha value is -3.71. The van der Waals surface area contributed by atoms with Crippen LogP contribution in [0, 0.1) is 0 Å². The predicted molar refractivity (Wildman–Crippen MR) is 151 cm³/mol. The van der Waals surface area contributed by atoms with Gasteiger partial charge in [-0.25, -0.2) is 4.98 Å². The number of aromatic nitrogens is 2. The van der Waals surface area contributed by atoms with Crippen molar-refractivity contribution < 1.29 is 19.0 Å². The molecule has 0 spiro atoms. The van der Waals surface area contributed by atoms with Crippen molar-refractivity contribution in [2.75, 3.05) is 27.9 Å². The Morgan fingerprint density at radius 3 is 2.39 bits per heavy atom. The van der Waals surface area contributed by atoms with Crippen molar-refractivity contribution in [2.24, 2.45) is 0 Å². The number of carbonyl (C=O) groups is 1. The van der Waals surface area contributed by atoms with Gasteiger partial charge in [-0.1, -0.05) is 61.7 Å². The molecule has 0 aliphatic rings. The second kappa shape index (κ2) is 12.7. The van der Waals surface area contributed by atoms with E-state index in [1.165, 1.54) is 7.11 Å². The number of ether oxygens (including phenoxy) is 3. The minimum absolute atomic E-state index is 0.178. The molecule has 1 amide bonds. The van der Waals surface area contributed by atoms with Gasteiger partial charge >= 0.3 is 0 Å². The van der Waals surface area contributed by atoms with Gasteiger partial charge in [-0.2, -0.15) is 0 Å². The summed E-state index contributed by atoms with van der Waals surface area (Å²) >= 11 is 6.65. The molecule has 1 heterocycles. The number of hydrogen-bond acceptors (Lipinski definition) is 5. The van der Waals surface area contributed by atoms with Crippen LogP contribution in [0.25, 0.3) is 11.0 Å². The molecule has 0 radical (unpaired) electrons. The van der Waals surface area contributed by atoms with Gasteiger partial charge in [0.15, 0.2) is 11.5 Å². The van der Waals surface area contributed by atoms with Crippen molar-refractivity contribution in [1.82, 2.24) is 14.5 Å². The molecular formula is C30H34ClN3O4. The van der Waals surface area contributed by atoms with Crippen LogP contribution in [0.15, 0.2) is 60.7 Å². The van der Waals surface area contributed by atoms with E-state index in [9.17, 15) is 4.79 Å². The average molecular weight is 536 g/mol. The van der Waals surface area contributed by atoms with Crippen LogP contribution in [-0.2, 0) is 13.1 Å². The van der Waals surface area contributed by atoms with Gasteiger partial charge in [0.1, 0.15) is 11.6 Å². The third-order valence-corrected chi connectivity index (χ3v) is 7.00. The van der Waals surface area contributed by atoms with Crippen molar-refractivity contribution in [2.45, 2.75) is 39.3 Å². The van der Waals surface area contributed by atoms with E-state index in [4.69, 9.17) is 30.8 Å². The standard InChI is InChI=1S/C30H34ClN3O4/c1-5-6-11-18-33(30(35)22-16-17-26(37-3)29(38-4)28(22)31)20-27-32-23-13-8-9-14-24(23)34(27)19-21-12-7-10-15-25(21)36-2/h7-10,12-17H,5-6,11,18-20H2,1-4H3. The second-order valence-electron chi connectivity index (χ2n) is 9.01. The molecule has 1 aromatic heterocycles. The van der Waals surface area contributed by atoms with Gasteiger partial charge in [-0.3, -0.25) is 4.79 Å². The number of fused-ring (bicyclic) bond motifs is 1. The topological polar surface area (TPSA) is 65.8 Å². The Morgan fingerprint density at radius 1 is 0.921 bits per heavy atom. The number of hydrogen-bond donors (Lipinski definition) is 0. The lowest BCUT2D eigenvalue weighted by Crippen LogP contribution is -2.33. The van der Waals surface area contributed by atoms with Crippen LogP contribution in [0.5, 0.6) is 17.2 Å². The molecule has 8 heteroatoms. The number of halogens is 1. The van der Waals surface area contributed by atoms with Gasteiger partial charge in [-0.15, -0.1) is 0 Å². The summed E-state index contributed by atoms with van der Waals surface area (Å²) in [5, 5.41) is 0.236. The number of unbranched alkanes of at least 4 members (excludes halogenated alkanes) is 2. The highest BCUT2D eigenvalue weighted by molar-refractivity contribution is 6.35. The van der Waals surface area contributed by atoms with E-state index in [1.54, 1.807) is 26.4 Å². The van der Waals surface area contributed by atoms with E-state index in [1.807, 2.05) is 47.4 Å². The van der Waals surface area contributed by atoms with Crippen molar-refractivity contribution in [3.63, 3.8) is 0 Å². The molecular weight excluding hydrogens is 502 g/mol. The molecule has 4 aromatic rings. The summed E-state index contributed by atoms with van der Waals surface area (Å²) in [7, 11) is 4.73. The molecule has 0 fully saturated rings. The Labute approximate surface area is 228 Å². The normalized spacial score (nSPS) is 11.0. The highest BCUT2D eigenvalue weighted by Crippen LogP contribution is 2.38. The van der Waals surface area contributed by atoms with Crippen LogP contribution in [0.1, 0.15) is 47.9 Å². The van der Waals surface area contributed by atoms with Crippen molar-refractivity contribution in [3.05, 3.63) is 82.6 Å². The van der Waals surface area contributed by atoms with Gasteiger partial charge in [0.25, 0.3) is 5.91 Å². The molecule has 0 aliphatic carbocycles. The summed E-state index contributed by atoms with van der Waals surface area (Å²) in [5.74, 6) is 2.24. The van der Waals surface area contributed by atoms with Crippen molar-refractivity contribution in [1.29, 1.82) is 0 Å². The minimum Gasteiger partial charge on any atom is -0.496 e. The largest absolute Gasteiger partial charge is 0.496 e. The monoisotopic (exact) mass is 535 g/mol. The summed E-state index contributed by atoms with van der Waals surface area (Å²) in [4.78, 5) is 20.7. The zero-order valence-corrected chi connectivity index (χ0v) is 23.1. The molecule has 0 aliphatic heterocycles. The van der Waals surface area contributed by atoms with E-state index >= 15 is 0 Å². The van der Waals surface area contributed by atoms with Crippen LogP contribution in [0.4, 0.5) is 0 Å². The first kappa shape index (κ1) is 27.3. The fraction of sp³-hybridized carbons (Fsp3) is 0.333. The lowest BCUT2D eigenvalue weighted by atomic mass is 10.1. The molecule has 0 saturated carbocycles. The lowest BCUT2D eigenvalue weighted by molar-refractivity contribution is 0.0734. The fourth-order valence-corrected chi connectivity index (χ4v) is 4.94. The molecule has 0 N–H and O–H groups in total. The molecule has 0 saturated heterocycles. The number of carbonyl (C=O) groups excluding carboxylic acids is 1. The van der Waals surface area contributed by atoms with Crippen molar-refractivity contribution >= 4 is 28.5 Å². The molecule has 0 atom stereocenters. The van der Waals surface area contributed by atoms with E-state index < -0.39 is 0 Å². The van der Waals surface area contributed by atoms with E-state index in [0.717, 1.165) is 47.4 Å². The Morgan fingerprint density at radius 2 is 1.66 bits per heavy atom. The van der Waals surface area contributed by atoms with Crippen LogP contribution in [0.3, 0.4) is 0 Å². The van der Waals surface area contributed by atoms with Gasteiger partial charge in [0.2, 0.25) is 0 Å². The zero-order valence-electron chi connectivity index (χ0n) is 22.4. The predicted octanol–water partition coefficient (Wildman–Crippen LogP) is 6.60. The number of benzene rings is 3. The zero-order chi connectivity index (χ0) is 27.1. The molecule has 7 nitrogen and oxygen atoms in total. The summed E-state index contributed by atoms with van der Waals surface area (Å²) < 4.78 is 18.6. The highest BCUT2D eigenvalue weighted by Gasteiger charge is 2.25. The van der Waals surface area contributed by atoms with Crippen molar-refractivity contribution in [3.8, 4) is 17.2 Å². The SMILES string of the molecule is CCCCCN(Cc1nc2ccccc2n1Cc1ccccc1OC)C(=O)c1ccc(OC)c(OC)c1Cl. The first-order valence-corrected chi connectivity index (χ1v) is 13.2. The summed E-state index contributed by atoms with van der Waals surface area (Å²) in [6.45, 7) is 3.62. The average Bonchev–Trinajstić information content (AvgIpc) is 3.28. The Kier molecular flexibility index (Phi) is 9.13. The maximum Gasteiger partial charge on any atom is 0.255 e. The lowest BCUT2D eigenvalue weighted by Gasteiger charge is -2.24. The number of methoxy groups -OCH3 is 3. The maximum absolute atomic E-state index is 13.9. The van der Waals surface area contributed by atoms with Gasteiger partial charge in [0.05, 0.1) is 56.0 Å². The van der Waals surface area contributed by atoms with Crippen LogP contribution < -0.4 is 14.2 Å². The molecule has 4 rings (SSSR count). The third kappa shape index (κ3) is 5.73. The minimum atomic E-state index is -0.178. The molecule has 3 aromatic carbocycles. The summed E-state index contributed by atoms with van der Waals surface area (Å²) in [6.07, 6.45) is 2.94. The van der Waals surface area contributed by atoms with Gasteiger partial charge < -0.3 is 23.7 Å². The number of rotatable bonds is 12. The summed E-state index contributed by atoms with van der Waals surface area (Å²) in [5.41, 5.74) is 3.28. The number of nitrogens with zero attached hydrogens (tertiary/aromatic N) is 3. The summed E-state index contributed by atoms with van der Waals surface area (Å²) in [6, 6.07) is 19.4. The molecule has 200 valence electrons. The highest BCUT2D eigenvalue weighted by atomic mass is 35.5. The number of para-hydroxylation sites is 3. The molecule has 0 bridgehead atoms. The van der Waals surface area contributed by atoms with Gasteiger partial charge in [-0.05, 0) is 36.8 Å². The van der Waals surface area contributed by atoms with Gasteiger partial charge in [0, 0.05) is 12.1 Å². The first-order valence-electron chi connectivity index (χ1n) is 12.8. The fourth-order valence-electron chi connectivity index (χ4n) is 4.63. The Bertz CT molecular complexity index is 1400. The van der Waals surface area contributed by atoms with Crippen LogP contribution in [-0.4, -0.2) is 48.2 Å². The maximum atomic E-state index is 13.9.